The van der Waals surface area contributed by atoms with Gasteiger partial charge in [0.25, 0.3) is 5.91 Å². The zero-order chi connectivity index (χ0) is 40.1. The summed E-state index contributed by atoms with van der Waals surface area (Å²) in [6, 6.07) is 16.3. The van der Waals surface area contributed by atoms with Gasteiger partial charge in [0.15, 0.2) is 0 Å². The largest absolute Gasteiger partial charge is 0.386 e. The molecule has 1 aliphatic carbocycles. The van der Waals surface area contributed by atoms with Crippen LogP contribution < -0.4 is 16.3 Å². The molecule has 3 N–H and O–H groups in total. The van der Waals surface area contributed by atoms with E-state index < -0.39 is 23.7 Å². The number of alkyl halides is 1. The Kier molecular flexibility index (Phi) is 12.5. The Morgan fingerprint density at radius 2 is 1.68 bits per heavy atom. The molecule has 3 amide bonds. The molecule has 298 valence electrons. The van der Waals surface area contributed by atoms with Gasteiger partial charge in [-0.3, -0.25) is 33.5 Å². The van der Waals surface area contributed by atoms with Crippen molar-refractivity contribution in [3.8, 4) is 0 Å². The Morgan fingerprint density at radius 3 is 2.32 bits per heavy atom. The Hall–Kier alpha value is -5.21. The lowest BCUT2D eigenvalue weighted by molar-refractivity contribution is -0.135. The van der Waals surface area contributed by atoms with Gasteiger partial charge in [-0.1, -0.05) is 37.5 Å². The SMILES string of the molecule is CN1CCCC(F)C1.Cc1cccc(C(=O)Nc2cc3cn(C4CCCCC4)nc3cc2C(C)(C)O)n1.Cn1c(=O)n(C2CCC(=O)NC2=O)c2ccccc21. The number of rotatable bonds is 5. The van der Waals surface area contributed by atoms with Crippen LogP contribution in [-0.2, 0) is 22.2 Å². The summed E-state index contributed by atoms with van der Waals surface area (Å²) in [6.07, 6.45) is 9.97. The number of carbonyl (C=O) groups excluding carboxylic acids is 3. The van der Waals surface area contributed by atoms with Gasteiger partial charge in [-0.25, -0.2) is 14.2 Å². The fourth-order valence-electron chi connectivity index (χ4n) is 7.74. The standard InChI is InChI=1S/C23H28N4O2.C13H13N3O3.C6H12FN/c1-15-8-7-11-19(24-15)22(28)25-21-12-16-14-27(17-9-5-4-6-10-17)26-20(16)13-18(21)23(2,3)29;1-15-8-4-2-3-5-9(8)16(13(15)19)10-6-7-11(17)14-12(10)18;1-8-4-2-3-6(7)5-8/h7-8,11-14,17,29H,4-6,9-10H2,1-3H3,(H,25,28);2-5,10H,6-7H2,1H3,(H,14,17,18);6H,2-5H2,1H3. The number of imide groups is 1. The molecule has 2 unspecified atom stereocenters. The fourth-order valence-corrected chi connectivity index (χ4v) is 7.74. The fraction of sp³-hybridized carbons (Fsp3) is 0.476. The smallest absolute Gasteiger partial charge is 0.329 e. The number of aromatic nitrogens is 5. The van der Waals surface area contributed by atoms with Crippen LogP contribution in [0.5, 0.6) is 0 Å². The van der Waals surface area contributed by atoms with E-state index in [0.29, 0.717) is 41.5 Å². The number of anilines is 1. The van der Waals surface area contributed by atoms with Crippen molar-refractivity contribution in [2.45, 2.75) is 102 Å². The molecule has 2 saturated heterocycles. The Bertz CT molecular complexity index is 2260. The zero-order valence-electron chi connectivity index (χ0n) is 32.9. The maximum Gasteiger partial charge on any atom is 0.329 e. The van der Waals surface area contributed by atoms with E-state index in [2.05, 4.69) is 26.5 Å². The monoisotopic (exact) mass is 768 g/mol. The number of hydrogen-bond acceptors (Lipinski definition) is 8. The lowest BCUT2D eigenvalue weighted by Crippen LogP contribution is -2.44. The quantitative estimate of drug-likeness (QED) is 0.182. The highest BCUT2D eigenvalue weighted by molar-refractivity contribution is 6.04. The van der Waals surface area contributed by atoms with E-state index in [9.17, 15) is 28.7 Å². The average molecular weight is 769 g/mol. The number of aryl methyl sites for hydroxylation is 2. The molecular weight excluding hydrogens is 716 g/mol. The highest BCUT2D eigenvalue weighted by Gasteiger charge is 2.31. The van der Waals surface area contributed by atoms with Gasteiger partial charge in [0.1, 0.15) is 17.9 Å². The summed E-state index contributed by atoms with van der Waals surface area (Å²) in [5.41, 5.74) is 3.32. The van der Waals surface area contributed by atoms with Crippen LogP contribution in [0.2, 0.25) is 0 Å². The minimum absolute atomic E-state index is 0.240. The second-order valence-electron chi connectivity index (χ2n) is 15.7. The van der Waals surface area contributed by atoms with Crippen LogP contribution >= 0.6 is 0 Å². The Labute approximate surface area is 325 Å². The maximum absolute atomic E-state index is 12.8. The Balaban J connectivity index is 0.000000167. The van der Waals surface area contributed by atoms with E-state index in [1.54, 1.807) is 33.0 Å². The van der Waals surface area contributed by atoms with Crippen LogP contribution in [-0.4, -0.2) is 77.9 Å². The van der Waals surface area contributed by atoms with Crippen molar-refractivity contribution in [3.63, 3.8) is 0 Å². The molecule has 13 nitrogen and oxygen atoms in total. The molecule has 0 spiro atoms. The second-order valence-corrected chi connectivity index (χ2v) is 15.7. The second kappa shape index (κ2) is 17.3. The van der Waals surface area contributed by atoms with E-state index >= 15 is 0 Å². The third-order valence-electron chi connectivity index (χ3n) is 10.7. The van der Waals surface area contributed by atoms with Gasteiger partial charge in [0.05, 0.1) is 28.2 Å². The number of imidazole rings is 1. The first kappa shape index (κ1) is 40.5. The van der Waals surface area contributed by atoms with E-state index in [1.807, 2.05) is 61.3 Å². The third kappa shape index (κ3) is 9.42. The van der Waals surface area contributed by atoms with Crippen molar-refractivity contribution in [1.82, 2.24) is 34.1 Å². The number of pyridine rings is 1. The molecule has 2 atom stereocenters. The van der Waals surface area contributed by atoms with Crippen molar-refractivity contribution < 1.29 is 23.9 Å². The Morgan fingerprint density at radius 1 is 0.946 bits per heavy atom. The molecule has 3 fully saturated rings. The normalized spacial score (nSPS) is 19.5. The topological polar surface area (TPSA) is 156 Å². The van der Waals surface area contributed by atoms with Gasteiger partial charge >= 0.3 is 5.69 Å². The van der Waals surface area contributed by atoms with Crippen LogP contribution in [0, 0.1) is 6.92 Å². The molecule has 8 rings (SSSR count). The molecule has 0 radical (unpaired) electrons. The predicted molar refractivity (Wildman–Crippen MR) is 214 cm³/mol. The number of nitrogens with one attached hydrogen (secondary N) is 2. The van der Waals surface area contributed by atoms with Crippen molar-refractivity contribution >= 4 is 45.3 Å². The van der Waals surface area contributed by atoms with Crippen molar-refractivity contribution in [1.29, 1.82) is 0 Å². The van der Waals surface area contributed by atoms with Gasteiger partial charge < -0.3 is 15.3 Å². The number of piperidine rings is 2. The van der Waals surface area contributed by atoms with Crippen molar-refractivity contribution in [2.75, 3.05) is 25.5 Å². The molecule has 2 aromatic carbocycles. The molecule has 2 aliphatic heterocycles. The van der Waals surface area contributed by atoms with Gasteiger partial charge in [-0.15, -0.1) is 0 Å². The number of nitrogens with zero attached hydrogens (tertiary/aromatic N) is 6. The average Bonchev–Trinajstić information content (AvgIpc) is 3.69. The number of fused-ring (bicyclic) bond motifs is 2. The molecule has 14 heteroatoms. The maximum atomic E-state index is 12.8. The van der Waals surface area contributed by atoms with Crippen LogP contribution in [0.4, 0.5) is 10.1 Å². The van der Waals surface area contributed by atoms with E-state index in [1.165, 1.54) is 28.4 Å². The molecule has 5 heterocycles. The number of aliphatic hydroxyl groups is 1. The van der Waals surface area contributed by atoms with E-state index in [0.717, 1.165) is 54.3 Å². The minimum atomic E-state index is -1.12. The highest BCUT2D eigenvalue weighted by Crippen LogP contribution is 2.34. The number of amides is 3. The highest BCUT2D eigenvalue weighted by atomic mass is 19.1. The van der Waals surface area contributed by atoms with Crippen molar-refractivity contribution in [2.24, 2.45) is 7.05 Å². The summed E-state index contributed by atoms with van der Waals surface area (Å²) in [4.78, 5) is 54.5. The number of likely N-dealkylation sites (tertiary alicyclic amines) is 1. The van der Waals surface area contributed by atoms with Crippen LogP contribution in [0.15, 0.2) is 65.6 Å². The lowest BCUT2D eigenvalue weighted by atomic mass is 9.95. The number of hydrogen-bond donors (Lipinski definition) is 3. The summed E-state index contributed by atoms with van der Waals surface area (Å²) >= 11 is 0. The number of carbonyl (C=O) groups is 3. The molecule has 0 bridgehead atoms. The number of para-hydroxylation sites is 2. The van der Waals surface area contributed by atoms with Gasteiger partial charge in [0, 0.05) is 48.5 Å². The van der Waals surface area contributed by atoms with Crippen LogP contribution in [0.1, 0.15) is 105 Å². The van der Waals surface area contributed by atoms with Crippen LogP contribution in [0.25, 0.3) is 21.9 Å². The molecule has 3 aromatic heterocycles. The van der Waals surface area contributed by atoms with Gasteiger partial charge in [0.2, 0.25) is 11.8 Å². The lowest BCUT2D eigenvalue weighted by Gasteiger charge is -2.24. The molecular formula is C42H53FN8O5. The summed E-state index contributed by atoms with van der Waals surface area (Å²) in [6.45, 7) is 6.99. The van der Waals surface area contributed by atoms with E-state index in [4.69, 9.17) is 5.10 Å². The molecule has 1 saturated carbocycles. The first-order valence-electron chi connectivity index (χ1n) is 19.5. The predicted octanol–water partition coefficient (Wildman–Crippen LogP) is 6.09. The first-order chi connectivity index (χ1) is 26.7. The summed E-state index contributed by atoms with van der Waals surface area (Å²) in [5.74, 6) is -0.984. The van der Waals surface area contributed by atoms with Gasteiger partial charge in [-0.2, -0.15) is 5.10 Å². The first-order valence-corrected chi connectivity index (χ1v) is 19.5. The van der Waals surface area contributed by atoms with Crippen LogP contribution in [0.3, 0.4) is 0 Å². The zero-order valence-corrected chi connectivity index (χ0v) is 32.9. The summed E-state index contributed by atoms with van der Waals surface area (Å²) < 4.78 is 17.4. The molecule has 5 aromatic rings. The number of halogens is 1. The molecule has 3 aliphatic rings. The van der Waals surface area contributed by atoms with Gasteiger partial charge in [-0.05, 0) is 103 Å². The summed E-state index contributed by atoms with van der Waals surface area (Å²) in [5, 5.41) is 21.7. The van der Waals surface area contributed by atoms with Crippen molar-refractivity contribution in [3.05, 3.63) is 88.2 Å². The third-order valence-corrected chi connectivity index (χ3v) is 10.7. The van der Waals surface area contributed by atoms with E-state index in [-0.39, 0.29) is 23.9 Å². The molecule has 56 heavy (non-hydrogen) atoms. The summed E-state index contributed by atoms with van der Waals surface area (Å²) in [7, 11) is 3.64. The number of benzene rings is 2. The minimum Gasteiger partial charge on any atom is -0.386 e.